The van der Waals surface area contributed by atoms with Crippen LogP contribution in [0.15, 0.2) is 79.1 Å². The Morgan fingerprint density at radius 1 is 1.00 bits per heavy atom. The van der Waals surface area contributed by atoms with Crippen molar-refractivity contribution in [2.24, 2.45) is 0 Å². The topological polar surface area (TPSA) is 103 Å². The molecule has 0 aliphatic rings. The van der Waals surface area contributed by atoms with Gasteiger partial charge in [0.2, 0.25) is 0 Å². The summed E-state index contributed by atoms with van der Waals surface area (Å²) in [4.78, 5) is 30.9. The predicted octanol–water partition coefficient (Wildman–Crippen LogP) is 6.32. The third-order valence-electron chi connectivity index (χ3n) is 7.09. The van der Waals surface area contributed by atoms with E-state index in [9.17, 15) is 23.5 Å². The Labute approximate surface area is 272 Å². The molecule has 0 spiro atoms. The highest BCUT2D eigenvalue weighted by Gasteiger charge is 2.28. The van der Waals surface area contributed by atoms with Gasteiger partial charge >= 0.3 is 5.97 Å². The van der Waals surface area contributed by atoms with E-state index in [2.05, 4.69) is 10.3 Å². The van der Waals surface area contributed by atoms with Crippen LogP contribution >= 0.6 is 11.8 Å². The van der Waals surface area contributed by atoms with E-state index in [1.165, 1.54) is 24.3 Å². The number of aromatic nitrogens is 2. The highest BCUT2D eigenvalue weighted by atomic mass is 32.2. The molecule has 11 heteroatoms. The van der Waals surface area contributed by atoms with Gasteiger partial charge in [-0.1, -0.05) is 30.3 Å². The van der Waals surface area contributed by atoms with Crippen LogP contribution in [0.4, 0.5) is 8.78 Å². The zero-order chi connectivity index (χ0) is 33.3. The summed E-state index contributed by atoms with van der Waals surface area (Å²) in [7, 11) is 0. The fourth-order valence-corrected chi connectivity index (χ4v) is 5.34. The van der Waals surface area contributed by atoms with Crippen molar-refractivity contribution in [3.05, 3.63) is 113 Å². The molecule has 4 aromatic rings. The van der Waals surface area contributed by atoms with Crippen LogP contribution in [0.3, 0.4) is 0 Å². The van der Waals surface area contributed by atoms with Gasteiger partial charge in [-0.15, -0.1) is 0 Å². The third-order valence-corrected chi connectivity index (χ3v) is 7.73. The Kier molecular flexibility index (Phi) is 12.1. The first-order valence-electron chi connectivity index (χ1n) is 14.9. The van der Waals surface area contributed by atoms with Crippen molar-refractivity contribution < 1.29 is 33.0 Å². The standard InChI is InChI=1S/C35H39F2N3O5S/c1-35(2,3)45-34(43)30(15-20-46-4)39-33(42)28-14-9-25(21-29(28)23-5-10-26(36)11-6-23)32(24-7-12-27(37)13-8-24)44-19-18-40-17-16-38-31(40)22-41/h5-14,16-17,21,30,32,41H,15,18-20,22H2,1-4H3,(H,39,42)/t30-,32?/m0/s1. The molecule has 0 aliphatic heterocycles. The lowest BCUT2D eigenvalue weighted by atomic mass is 9.92. The number of aliphatic hydroxyl groups excluding tert-OH is 1. The maximum absolute atomic E-state index is 13.9. The van der Waals surface area contributed by atoms with Crippen molar-refractivity contribution in [2.45, 2.75) is 58.1 Å². The lowest BCUT2D eigenvalue weighted by Crippen LogP contribution is -2.44. The Morgan fingerprint density at radius 2 is 1.65 bits per heavy atom. The zero-order valence-electron chi connectivity index (χ0n) is 26.3. The molecular weight excluding hydrogens is 612 g/mol. The first-order chi connectivity index (χ1) is 22.0. The summed E-state index contributed by atoms with van der Waals surface area (Å²) in [6, 6.07) is 16.0. The molecule has 1 heterocycles. The first kappa shape index (κ1) is 34.8. The highest BCUT2D eigenvalue weighted by Crippen LogP contribution is 2.33. The Bertz CT molecular complexity index is 1600. The summed E-state index contributed by atoms with van der Waals surface area (Å²) in [5.41, 5.74) is 1.97. The van der Waals surface area contributed by atoms with Gasteiger partial charge in [0.15, 0.2) is 0 Å². The number of esters is 1. The maximum Gasteiger partial charge on any atom is 0.329 e. The molecule has 46 heavy (non-hydrogen) atoms. The zero-order valence-corrected chi connectivity index (χ0v) is 27.2. The molecule has 8 nitrogen and oxygen atoms in total. The van der Waals surface area contributed by atoms with Gasteiger partial charge in [-0.05, 0) is 97.9 Å². The number of aliphatic hydroxyl groups is 1. The molecule has 0 saturated carbocycles. The van der Waals surface area contributed by atoms with Crippen LogP contribution in [0.2, 0.25) is 0 Å². The number of imidazole rings is 1. The molecule has 2 atom stereocenters. The van der Waals surface area contributed by atoms with E-state index in [1.54, 1.807) is 92.0 Å². The van der Waals surface area contributed by atoms with Crippen molar-refractivity contribution in [1.29, 1.82) is 0 Å². The summed E-state index contributed by atoms with van der Waals surface area (Å²) in [5, 5.41) is 12.4. The molecule has 1 unspecified atom stereocenters. The van der Waals surface area contributed by atoms with Crippen LogP contribution in [0.5, 0.6) is 0 Å². The number of nitrogens with one attached hydrogen (secondary N) is 1. The van der Waals surface area contributed by atoms with Crippen LogP contribution in [-0.2, 0) is 27.4 Å². The van der Waals surface area contributed by atoms with E-state index < -0.39 is 41.3 Å². The van der Waals surface area contributed by atoms with Crippen LogP contribution in [0.1, 0.15) is 60.6 Å². The smallest absolute Gasteiger partial charge is 0.329 e. The molecule has 3 aromatic carbocycles. The monoisotopic (exact) mass is 651 g/mol. The third kappa shape index (κ3) is 9.48. The van der Waals surface area contributed by atoms with E-state index in [1.807, 2.05) is 6.26 Å². The molecule has 0 fully saturated rings. The van der Waals surface area contributed by atoms with Crippen LogP contribution in [0, 0.1) is 11.6 Å². The number of thioether (sulfide) groups is 1. The number of benzene rings is 3. The second-order valence-corrected chi connectivity index (χ2v) is 12.6. The van der Waals surface area contributed by atoms with E-state index in [0.29, 0.717) is 46.8 Å². The van der Waals surface area contributed by atoms with Gasteiger partial charge in [0, 0.05) is 24.5 Å². The van der Waals surface area contributed by atoms with Crippen LogP contribution < -0.4 is 5.32 Å². The Morgan fingerprint density at radius 3 is 2.28 bits per heavy atom. The number of halogens is 2. The minimum atomic E-state index is -0.873. The summed E-state index contributed by atoms with van der Waals surface area (Å²) in [6.45, 7) is 5.72. The van der Waals surface area contributed by atoms with Gasteiger partial charge < -0.3 is 24.5 Å². The Balaban J connectivity index is 1.71. The average Bonchev–Trinajstić information content (AvgIpc) is 3.48. The molecule has 0 radical (unpaired) electrons. The number of amides is 1. The number of nitrogens with zero attached hydrogens (tertiary/aromatic N) is 2. The van der Waals surface area contributed by atoms with Crippen molar-refractivity contribution in [2.75, 3.05) is 18.6 Å². The number of ether oxygens (including phenoxy) is 2. The molecule has 244 valence electrons. The van der Waals surface area contributed by atoms with E-state index in [4.69, 9.17) is 9.47 Å². The second kappa shape index (κ2) is 16.0. The molecule has 0 saturated heterocycles. The van der Waals surface area contributed by atoms with Crippen LogP contribution in [0.25, 0.3) is 11.1 Å². The lowest BCUT2D eigenvalue weighted by molar-refractivity contribution is -0.157. The van der Waals surface area contributed by atoms with Gasteiger partial charge in [-0.25, -0.2) is 18.6 Å². The van der Waals surface area contributed by atoms with E-state index >= 15 is 0 Å². The molecule has 1 aromatic heterocycles. The van der Waals surface area contributed by atoms with Crippen LogP contribution in [-0.4, -0.2) is 56.8 Å². The summed E-state index contributed by atoms with van der Waals surface area (Å²) >= 11 is 1.55. The van der Waals surface area contributed by atoms with Gasteiger partial charge in [-0.3, -0.25) is 4.79 Å². The number of rotatable bonds is 14. The summed E-state index contributed by atoms with van der Waals surface area (Å²) < 4.78 is 41.5. The lowest BCUT2D eigenvalue weighted by Gasteiger charge is -2.25. The van der Waals surface area contributed by atoms with Gasteiger partial charge in [0.25, 0.3) is 5.91 Å². The summed E-state index contributed by atoms with van der Waals surface area (Å²) in [5.74, 6) is -0.710. The quantitative estimate of drug-likeness (QED) is 0.154. The number of carbonyl (C=O) groups excluding carboxylic acids is 2. The molecule has 2 N–H and O–H groups in total. The van der Waals surface area contributed by atoms with E-state index in [-0.39, 0.29) is 18.8 Å². The molecule has 4 rings (SSSR count). The normalized spacial score (nSPS) is 12.8. The minimum Gasteiger partial charge on any atom is -0.458 e. The number of carbonyl (C=O) groups is 2. The second-order valence-electron chi connectivity index (χ2n) is 11.7. The SMILES string of the molecule is CSCC[C@H](NC(=O)c1ccc(C(OCCn2ccnc2CO)c2ccc(F)cc2)cc1-c1ccc(F)cc1)C(=O)OC(C)(C)C. The highest BCUT2D eigenvalue weighted by molar-refractivity contribution is 7.98. The summed E-state index contributed by atoms with van der Waals surface area (Å²) in [6.07, 6.45) is 4.97. The number of hydrogen-bond acceptors (Lipinski definition) is 7. The van der Waals surface area contributed by atoms with Crippen molar-refractivity contribution in [3.63, 3.8) is 0 Å². The van der Waals surface area contributed by atoms with Gasteiger partial charge in [-0.2, -0.15) is 11.8 Å². The molecule has 0 aliphatic carbocycles. The fraction of sp³-hybridized carbons (Fsp3) is 0.343. The predicted molar refractivity (Wildman–Crippen MR) is 174 cm³/mol. The average molecular weight is 652 g/mol. The Hall–Kier alpha value is -4.06. The van der Waals surface area contributed by atoms with Gasteiger partial charge in [0.05, 0.1) is 6.61 Å². The number of hydrogen-bond donors (Lipinski definition) is 2. The van der Waals surface area contributed by atoms with Gasteiger partial charge in [0.1, 0.15) is 41.8 Å². The minimum absolute atomic E-state index is 0.217. The largest absolute Gasteiger partial charge is 0.458 e. The molecule has 0 bridgehead atoms. The first-order valence-corrected chi connectivity index (χ1v) is 16.3. The van der Waals surface area contributed by atoms with Crippen molar-refractivity contribution in [3.8, 4) is 11.1 Å². The van der Waals surface area contributed by atoms with Crippen molar-refractivity contribution in [1.82, 2.24) is 14.9 Å². The van der Waals surface area contributed by atoms with Crippen molar-refractivity contribution >= 4 is 23.6 Å². The molecule has 1 amide bonds. The maximum atomic E-state index is 13.9. The fourth-order valence-electron chi connectivity index (χ4n) is 4.87. The van der Waals surface area contributed by atoms with E-state index in [0.717, 1.165) is 0 Å². The molecular formula is C35H39F2N3O5S.